The van der Waals surface area contributed by atoms with Crippen molar-refractivity contribution in [2.24, 2.45) is 0 Å². The van der Waals surface area contributed by atoms with Gasteiger partial charge >= 0.3 is 11.9 Å². The van der Waals surface area contributed by atoms with E-state index in [-0.39, 0.29) is 19.2 Å². The number of rotatable bonds is 12. The van der Waals surface area contributed by atoms with Gasteiger partial charge in [0.05, 0.1) is 6.42 Å². The summed E-state index contributed by atoms with van der Waals surface area (Å²) in [5.74, 6) is -0.752. The monoisotopic (exact) mass is 345 g/mol. The highest BCUT2D eigenvalue weighted by molar-refractivity contribution is 6.71. The molecule has 0 unspecified atom stereocenters. The van der Waals surface area contributed by atoms with Gasteiger partial charge in [0, 0.05) is 19.2 Å². The Labute approximate surface area is 140 Å². The minimum Gasteiger partial charge on any atom is -0.462 e. The molecular formula is C16H31NO5Si. The van der Waals surface area contributed by atoms with Crippen molar-refractivity contribution in [3.8, 4) is 0 Å². The van der Waals surface area contributed by atoms with Gasteiger partial charge in [-0.15, -0.1) is 0 Å². The van der Waals surface area contributed by atoms with Crippen LogP contribution in [0.15, 0.2) is 12.2 Å². The highest BCUT2D eigenvalue weighted by atomic mass is 28.4. The first-order valence-electron chi connectivity index (χ1n) is 7.90. The second-order valence-corrected chi connectivity index (χ2v) is 10.7. The van der Waals surface area contributed by atoms with E-state index in [2.05, 4.69) is 24.6 Å². The van der Waals surface area contributed by atoms with Crippen molar-refractivity contribution in [2.45, 2.75) is 38.9 Å². The lowest BCUT2D eigenvalue weighted by Gasteiger charge is -2.22. The standard InChI is InChI=1S/C16H31NO5Si/c1-14(2)16(19)22-12-11-21-15(18)8-10-17(3)9-7-13-23(5,6)20-4/h1,7-13H2,2-6H3. The molecule has 6 nitrogen and oxygen atoms in total. The number of hydrogen-bond donors (Lipinski definition) is 0. The molecule has 0 aliphatic carbocycles. The number of ether oxygens (including phenoxy) is 2. The zero-order valence-corrected chi connectivity index (χ0v) is 16.1. The van der Waals surface area contributed by atoms with E-state index in [1.807, 2.05) is 7.05 Å². The first-order valence-corrected chi connectivity index (χ1v) is 11.0. The third-order valence-corrected chi connectivity index (χ3v) is 6.16. The van der Waals surface area contributed by atoms with Gasteiger partial charge in [0.2, 0.25) is 0 Å². The molecule has 134 valence electrons. The van der Waals surface area contributed by atoms with Crippen LogP contribution < -0.4 is 0 Å². The van der Waals surface area contributed by atoms with Crippen LogP contribution in [0.5, 0.6) is 0 Å². The maximum atomic E-state index is 11.6. The molecule has 0 amide bonds. The molecule has 0 aromatic heterocycles. The smallest absolute Gasteiger partial charge is 0.333 e. The van der Waals surface area contributed by atoms with Crippen molar-refractivity contribution in [1.29, 1.82) is 0 Å². The maximum Gasteiger partial charge on any atom is 0.333 e. The largest absolute Gasteiger partial charge is 0.462 e. The molecule has 0 spiro atoms. The molecule has 23 heavy (non-hydrogen) atoms. The SMILES string of the molecule is C=C(C)C(=O)OCCOC(=O)CCN(C)CCC[Si](C)(C)OC. The van der Waals surface area contributed by atoms with Crippen LogP contribution in [0.25, 0.3) is 0 Å². The van der Waals surface area contributed by atoms with E-state index in [9.17, 15) is 9.59 Å². The summed E-state index contributed by atoms with van der Waals surface area (Å²) >= 11 is 0. The predicted octanol–water partition coefficient (Wildman–Crippen LogP) is 2.21. The molecular weight excluding hydrogens is 314 g/mol. The summed E-state index contributed by atoms with van der Waals surface area (Å²) in [6.45, 7) is 11.2. The summed E-state index contributed by atoms with van der Waals surface area (Å²) in [6.07, 6.45) is 1.39. The number of carbonyl (C=O) groups is 2. The molecule has 0 fully saturated rings. The Morgan fingerprint density at radius 3 is 2.30 bits per heavy atom. The molecule has 0 atom stereocenters. The Kier molecular flexibility index (Phi) is 10.8. The van der Waals surface area contributed by atoms with Crippen LogP contribution >= 0.6 is 0 Å². The fourth-order valence-electron chi connectivity index (χ4n) is 1.76. The van der Waals surface area contributed by atoms with Gasteiger partial charge in [0.25, 0.3) is 0 Å². The van der Waals surface area contributed by atoms with Gasteiger partial charge in [-0.2, -0.15) is 0 Å². The molecule has 0 aromatic rings. The van der Waals surface area contributed by atoms with Crippen LogP contribution in [0.3, 0.4) is 0 Å². The van der Waals surface area contributed by atoms with E-state index in [0.717, 1.165) is 19.0 Å². The maximum absolute atomic E-state index is 11.6. The second-order valence-electron chi connectivity index (χ2n) is 6.26. The third-order valence-electron chi connectivity index (χ3n) is 3.50. The highest BCUT2D eigenvalue weighted by Crippen LogP contribution is 2.12. The van der Waals surface area contributed by atoms with Crippen LogP contribution in [0.2, 0.25) is 19.1 Å². The van der Waals surface area contributed by atoms with Crippen LogP contribution in [0.4, 0.5) is 0 Å². The number of nitrogens with zero attached hydrogens (tertiary/aromatic N) is 1. The third kappa shape index (κ3) is 12.0. The van der Waals surface area contributed by atoms with Crippen molar-refractivity contribution >= 4 is 20.3 Å². The average Bonchev–Trinajstić information content (AvgIpc) is 2.49. The average molecular weight is 346 g/mol. The zero-order chi connectivity index (χ0) is 17.9. The van der Waals surface area contributed by atoms with E-state index in [4.69, 9.17) is 13.9 Å². The van der Waals surface area contributed by atoms with Gasteiger partial charge in [0.15, 0.2) is 8.32 Å². The van der Waals surface area contributed by atoms with Crippen molar-refractivity contribution < 1.29 is 23.5 Å². The lowest BCUT2D eigenvalue weighted by Crippen LogP contribution is -2.30. The van der Waals surface area contributed by atoms with Crippen LogP contribution in [-0.4, -0.2) is 65.6 Å². The van der Waals surface area contributed by atoms with Crippen molar-refractivity contribution in [3.05, 3.63) is 12.2 Å². The molecule has 0 radical (unpaired) electrons. The van der Waals surface area contributed by atoms with Gasteiger partial charge in [0.1, 0.15) is 13.2 Å². The molecule has 0 aromatic carbocycles. The number of carbonyl (C=O) groups excluding carboxylic acids is 2. The summed E-state index contributed by atoms with van der Waals surface area (Å²) in [7, 11) is 2.27. The Bertz CT molecular complexity index is 398. The van der Waals surface area contributed by atoms with E-state index in [1.54, 1.807) is 14.0 Å². The Balaban J connectivity index is 3.68. The molecule has 0 rings (SSSR count). The van der Waals surface area contributed by atoms with Crippen molar-refractivity contribution in [3.63, 3.8) is 0 Å². The minimum absolute atomic E-state index is 0.0595. The van der Waals surface area contributed by atoms with Crippen LogP contribution in [0, 0.1) is 0 Å². The van der Waals surface area contributed by atoms with Gasteiger partial charge in [-0.25, -0.2) is 4.79 Å². The topological polar surface area (TPSA) is 65.1 Å². The van der Waals surface area contributed by atoms with Crippen molar-refractivity contribution in [1.82, 2.24) is 4.90 Å². The summed E-state index contributed by atoms with van der Waals surface area (Å²) < 4.78 is 15.4. The van der Waals surface area contributed by atoms with Gasteiger partial charge in [-0.05, 0) is 46.1 Å². The molecule has 0 aliphatic rings. The fourth-order valence-corrected chi connectivity index (χ4v) is 2.97. The van der Waals surface area contributed by atoms with Crippen molar-refractivity contribution in [2.75, 3.05) is 40.5 Å². The quantitative estimate of drug-likeness (QED) is 0.234. The molecule has 7 heteroatoms. The van der Waals surface area contributed by atoms with Crippen LogP contribution in [-0.2, 0) is 23.5 Å². The van der Waals surface area contributed by atoms with Gasteiger partial charge in [-0.1, -0.05) is 6.58 Å². The normalized spacial score (nSPS) is 11.4. The summed E-state index contributed by atoms with van der Waals surface area (Å²) in [4.78, 5) is 24.8. The molecule has 0 heterocycles. The predicted molar refractivity (Wildman–Crippen MR) is 92.8 cm³/mol. The Hall–Kier alpha value is -1.18. The molecule has 0 aliphatic heterocycles. The number of hydrogen-bond acceptors (Lipinski definition) is 6. The highest BCUT2D eigenvalue weighted by Gasteiger charge is 2.19. The Morgan fingerprint density at radius 2 is 1.74 bits per heavy atom. The molecule has 0 bridgehead atoms. The van der Waals surface area contributed by atoms with Gasteiger partial charge in [-0.3, -0.25) is 4.79 Å². The first kappa shape index (κ1) is 21.8. The van der Waals surface area contributed by atoms with E-state index in [1.165, 1.54) is 0 Å². The minimum atomic E-state index is -1.49. The summed E-state index contributed by atoms with van der Waals surface area (Å²) in [5.41, 5.74) is 0.331. The number of esters is 2. The summed E-state index contributed by atoms with van der Waals surface area (Å²) in [6, 6.07) is 1.10. The van der Waals surface area contributed by atoms with Gasteiger partial charge < -0.3 is 18.8 Å². The van der Waals surface area contributed by atoms with E-state index in [0.29, 0.717) is 18.5 Å². The molecule has 0 saturated heterocycles. The fraction of sp³-hybridized carbons (Fsp3) is 0.750. The molecule has 0 saturated carbocycles. The first-order chi connectivity index (χ1) is 10.7. The lowest BCUT2D eigenvalue weighted by molar-refractivity contribution is -0.150. The molecule has 0 N–H and O–H groups in total. The summed E-state index contributed by atoms with van der Waals surface area (Å²) in [5, 5.41) is 0. The van der Waals surface area contributed by atoms with Crippen LogP contribution in [0.1, 0.15) is 19.8 Å². The Morgan fingerprint density at radius 1 is 1.13 bits per heavy atom. The van der Waals surface area contributed by atoms with E-state index >= 15 is 0 Å². The zero-order valence-electron chi connectivity index (χ0n) is 15.1. The lowest BCUT2D eigenvalue weighted by atomic mass is 10.3. The van der Waals surface area contributed by atoms with E-state index < -0.39 is 14.3 Å². The second kappa shape index (κ2) is 11.4.